The molecule has 3 nitrogen and oxygen atoms in total. The lowest BCUT2D eigenvalue weighted by Gasteiger charge is -2.15. The van der Waals surface area contributed by atoms with Gasteiger partial charge in [0.05, 0.1) is 4.47 Å². The number of benzene rings is 2. The molecule has 5 heteroatoms. The van der Waals surface area contributed by atoms with Crippen molar-refractivity contribution < 1.29 is 14.3 Å². The maximum Gasteiger partial charge on any atom is 0.325 e. The molecule has 2 aromatic carbocycles. The Morgan fingerprint density at radius 2 is 1.95 bits per heavy atom. The maximum atomic E-state index is 13.1. The fourth-order valence-corrected chi connectivity index (χ4v) is 2.29. The quantitative estimate of drug-likeness (QED) is 0.877. The minimum absolute atomic E-state index is 0.338. The van der Waals surface area contributed by atoms with Gasteiger partial charge in [0, 0.05) is 6.54 Å². The molecule has 0 radical (unpaired) electrons. The summed E-state index contributed by atoms with van der Waals surface area (Å²) in [7, 11) is 0. The van der Waals surface area contributed by atoms with Gasteiger partial charge in [-0.2, -0.15) is 0 Å². The first-order valence-electron chi connectivity index (χ1n) is 6.03. The highest BCUT2D eigenvalue weighted by Gasteiger charge is 2.18. The summed E-state index contributed by atoms with van der Waals surface area (Å²) < 4.78 is 13.5. The van der Waals surface area contributed by atoms with E-state index < -0.39 is 12.0 Å². The van der Waals surface area contributed by atoms with Gasteiger partial charge in [0.1, 0.15) is 11.9 Å². The molecule has 2 N–H and O–H groups in total. The van der Waals surface area contributed by atoms with E-state index in [2.05, 4.69) is 21.2 Å². The van der Waals surface area contributed by atoms with Crippen LogP contribution in [0.15, 0.2) is 53.0 Å². The van der Waals surface area contributed by atoms with E-state index in [0.29, 0.717) is 16.6 Å². The fraction of sp³-hybridized carbons (Fsp3) is 0.133. The molecule has 0 amide bonds. The number of halogens is 2. The first-order chi connectivity index (χ1) is 9.58. The van der Waals surface area contributed by atoms with Gasteiger partial charge >= 0.3 is 5.97 Å². The highest BCUT2D eigenvalue weighted by molar-refractivity contribution is 9.10. The SMILES string of the molecule is O=C(O)C(NCc1ccc(F)c(Br)c1)c1ccccc1. The van der Waals surface area contributed by atoms with Crippen molar-refractivity contribution in [2.45, 2.75) is 12.6 Å². The highest BCUT2D eigenvalue weighted by atomic mass is 79.9. The lowest BCUT2D eigenvalue weighted by atomic mass is 10.1. The second-order valence-corrected chi connectivity index (χ2v) is 5.17. The van der Waals surface area contributed by atoms with E-state index in [1.807, 2.05) is 6.07 Å². The molecule has 1 atom stereocenters. The molecule has 0 spiro atoms. The van der Waals surface area contributed by atoms with Crippen LogP contribution in [0.25, 0.3) is 0 Å². The van der Waals surface area contributed by atoms with Gasteiger partial charge in [-0.3, -0.25) is 10.1 Å². The molecule has 0 heterocycles. The van der Waals surface area contributed by atoms with Gasteiger partial charge in [0.2, 0.25) is 0 Å². The zero-order valence-electron chi connectivity index (χ0n) is 10.5. The van der Waals surface area contributed by atoms with Crippen molar-refractivity contribution in [1.82, 2.24) is 5.32 Å². The molecule has 1 unspecified atom stereocenters. The number of hydrogen-bond acceptors (Lipinski definition) is 2. The lowest BCUT2D eigenvalue weighted by Crippen LogP contribution is -2.28. The molecular weight excluding hydrogens is 325 g/mol. The molecule has 0 aliphatic heterocycles. The first-order valence-corrected chi connectivity index (χ1v) is 6.82. The third kappa shape index (κ3) is 3.65. The Hall–Kier alpha value is -1.72. The Morgan fingerprint density at radius 1 is 1.25 bits per heavy atom. The van der Waals surface area contributed by atoms with Crippen LogP contribution >= 0.6 is 15.9 Å². The molecule has 104 valence electrons. The summed E-state index contributed by atoms with van der Waals surface area (Å²) in [6.45, 7) is 0.338. The van der Waals surface area contributed by atoms with E-state index in [9.17, 15) is 14.3 Å². The number of rotatable bonds is 5. The van der Waals surface area contributed by atoms with Crippen molar-refractivity contribution in [3.63, 3.8) is 0 Å². The van der Waals surface area contributed by atoms with Gasteiger partial charge in [0.25, 0.3) is 0 Å². The van der Waals surface area contributed by atoms with Crippen LogP contribution in [-0.2, 0) is 11.3 Å². The molecule has 2 aromatic rings. The zero-order chi connectivity index (χ0) is 14.5. The van der Waals surface area contributed by atoms with Gasteiger partial charge in [-0.05, 0) is 39.2 Å². The minimum Gasteiger partial charge on any atom is -0.480 e. The van der Waals surface area contributed by atoms with E-state index in [4.69, 9.17) is 0 Å². The van der Waals surface area contributed by atoms with Gasteiger partial charge in [-0.15, -0.1) is 0 Å². The summed E-state index contributed by atoms with van der Waals surface area (Å²) in [4.78, 5) is 11.3. The summed E-state index contributed by atoms with van der Waals surface area (Å²) in [5.41, 5.74) is 1.49. The number of carbonyl (C=O) groups is 1. The monoisotopic (exact) mass is 337 g/mol. The predicted octanol–water partition coefficient (Wildman–Crippen LogP) is 3.50. The van der Waals surface area contributed by atoms with Crippen LogP contribution in [0.4, 0.5) is 4.39 Å². The van der Waals surface area contributed by atoms with E-state index in [1.165, 1.54) is 6.07 Å². The molecule has 0 saturated heterocycles. The molecular formula is C15H13BrFNO2. The first kappa shape index (κ1) is 14.7. The van der Waals surface area contributed by atoms with Gasteiger partial charge in [0.15, 0.2) is 0 Å². The number of carboxylic acids is 1. The van der Waals surface area contributed by atoms with Crippen molar-refractivity contribution >= 4 is 21.9 Å². The molecule has 0 aliphatic rings. The average molecular weight is 338 g/mol. The molecule has 0 fully saturated rings. The van der Waals surface area contributed by atoms with Crippen LogP contribution in [0.3, 0.4) is 0 Å². The van der Waals surface area contributed by atoms with Crippen molar-refractivity contribution in [1.29, 1.82) is 0 Å². The minimum atomic E-state index is -0.947. The average Bonchev–Trinajstić information content (AvgIpc) is 2.44. The Kier molecular flexibility index (Phi) is 4.87. The summed E-state index contributed by atoms with van der Waals surface area (Å²) in [5, 5.41) is 12.2. The van der Waals surface area contributed by atoms with E-state index >= 15 is 0 Å². The predicted molar refractivity (Wildman–Crippen MR) is 77.8 cm³/mol. The molecule has 0 bridgehead atoms. The summed E-state index contributed by atoms with van der Waals surface area (Å²) in [6, 6.07) is 12.7. The summed E-state index contributed by atoms with van der Waals surface area (Å²) >= 11 is 3.11. The standard InChI is InChI=1S/C15H13BrFNO2/c16-12-8-10(6-7-13(12)17)9-18-14(15(19)20)11-4-2-1-3-5-11/h1-8,14,18H,9H2,(H,19,20). The third-order valence-electron chi connectivity index (χ3n) is 2.87. The Bertz CT molecular complexity index is 604. The Balaban J connectivity index is 2.10. The van der Waals surface area contributed by atoms with E-state index in [-0.39, 0.29) is 5.82 Å². The lowest BCUT2D eigenvalue weighted by molar-refractivity contribution is -0.139. The van der Waals surface area contributed by atoms with Crippen LogP contribution in [0, 0.1) is 5.82 Å². The third-order valence-corrected chi connectivity index (χ3v) is 3.48. The number of hydrogen-bond donors (Lipinski definition) is 2. The Labute approximate surface area is 124 Å². The van der Waals surface area contributed by atoms with Crippen LogP contribution in [0.5, 0.6) is 0 Å². The van der Waals surface area contributed by atoms with Crippen molar-refractivity contribution in [3.05, 3.63) is 69.9 Å². The van der Waals surface area contributed by atoms with Crippen molar-refractivity contribution in [3.8, 4) is 0 Å². The molecule has 2 rings (SSSR count). The van der Waals surface area contributed by atoms with Crippen molar-refractivity contribution in [2.75, 3.05) is 0 Å². The fourth-order valence-electron chi connectivity index (χ4n) is 1.86. The zero-order valence-corrected chi connectivity index (χ0v) is 12.1. The topological polar surface area (TPSA) is 49.3 Å². The molecule has 0 saturated carbocycles. The second-order valence-electron chi connectivity index (χ2n) is 4.31. The number of carboxylic acid groups (broad SMARTS) is 1. The summed E-state index contributed by atoms with van der Waals surface area (Å²) in [5.74, 6) is -1.29. The molecule has 0 aliphatic carbocycles. The van der Waals surface area contributed by atoms with Crippen LogP contribution < -0.4 is 5.32 Å². The van der Waals surface area contributed by atoms with Gasteiger partial charge in [-0.25, -0.2) is 4.39 Å². The van der Waals surface area contributed by atoms with E-state index in [1.54, 1.807) is 36.4 Å². The van der Waals surface area contributed by atoms with Gasteiger partial charge < -0.3 is 5.11 Å². The highest BCUT2D eigenvalue weighted by Crippen LogP contribution is 2.18. The Morgan fingerprint density at radius 3 is 2.55 bits per heavy atom. The van der Waals surface area contributed by atoms with Crippen LogP contribution in [0.2, 0.25) is 0 Å². The van der Waals surface area contributed by atoms with Crippen LogP contribution in [0.1, 0.15) is 17.2 Å². The molecule has 20 heavy (non-hydrogen) atoms. The maximum absolute atomic E-state index is 13.1. The number of aliphatic carboxylic acids is 1. The van der Waals surface area contributed by atoms with Crippen LogP contribution in [-0.4, -0.2) is 11.1 Å². The normalized spacial score (nSPS) is 12.1. The van der Waals surface area contributed by atoms with Gasteiger partial charge in [-0.1, -0.05) is 36.4 Å². The van der Waals surface area contributed by atoms with E-state index in [0.717, 1.165) is 5.56 Å². The number of nitrogens with one attached hydrogen (secondary N) is 1. The molecule has 0 aromatic heterocycles. The summed E-state index contributed by atoms with van der Waals surface area (Å²) in [6.07, 6.45) is 0. The van der Waals surface area contributed by atoms with Crippen molar-refractivity contribution in [2.24, 2.45) is 0 Å². The smallest absolute Gasteiger partial charge is 0.325 e. The largest absolute Gasteiger partial charge is 0.480 e. The second kappa shape index (κ2) is 6.63.